The number of rotatable bonds is 9. The van der Waals surface area contributed by atoms with Crippen molar-refractivity contribution in [2.24, 2.45) is 0 Å². The number of nitrogens with one attached hydrogen (secondary N) is 1. The van der Waals surface area contributed by atoms with E-state index in [9.17, 15) is 31.2 Å². The topological polar surface area (TPSA) is 86.8 Å². The lowest BCUT2D eigenvalue weighted by Crippen LogP contribution is -2.50. The van der Waals surface area contributed by atoms with Crippen LogP contribution in [0.5, 0.6) is 0 Å². The standard InChI is InChI=1S/C26H24BrClF3N3O4S/c1-17(25(36)32-2)33(15-18-7-6-8-19(27)13-18)24(35)16-34(39(37,38)21-9-4-3-5-10-21)20-11-12-23(28)22(14-20)26(29,30)31/h3-14,17H,15-16H2,1-2H3,(H,32,36). The summed E-state index contributed by atoms with van der Waals surface area (Å²) >= 11 is 9.10. The molecule has 1 N–H and O–H groups in total. The molecular weight excluding hydrogens is 623 g/mol. The van der Waals surface area contributed by atoms with Crippen LogP contribution in [0, 0.1) is 0 Å². The van der Waals surface area contributed by atoms with Crippen LogP contribution in [0.4, 0.5) is 18.9 Å². The number of benzene rings is 3. The highest BCUT2D eigenvalue weighted by atomic mass is 79.9. The normalized spacial score (nSPS) is 12.5. The van der Waals surface area contributed by atoms with Crippen LogP contribution in [0.25, 0.3) is 0 Å². The molecule has 0 saturated heterocycles. The largest absolute Gasteiger partial charge is 0.417 e. The van der Waals surface area contributed by atoms with E-state index in [4.69, 9.17) is 11.6 Å². The molecule has 208 valence electrons. The van der Waals surface area contributed by atoms with Gasteiger partial charge in [0.25, 0.3) is 10.0 Å². The molecule has 1 atom stereocenters. The summed E-state index contributed by atoms with van der Waals surface area (Å²) in [6, 6.07) is 15.5. The first-order valence-corrected chi connectivity index (χ1v) is 14.1. The molecule has 3 aromatic carbocycles. The first-order valence-electron chi connectivity index (χ1n) is 11.5. The van der Waals surface area contributed by atoms with Crippen molar-refractivity contribution in [3.8, 4) is 0 Å². The van der Waals surface area contributed by atoms with Crippen molar-refractivity contribution < 1.29 is 31.2 Å². The molecule has 0 radical (unpaired) electrons. The van der Waals surface area contributed by atoms with Gasteiger partial charge in [0.2, 0.25) is 11.8 Å². The Labute approximate surface area is 237 Å². The van der Waals surface area contributed by atoms with Gasteiger partial charge in [-0.15, -0.1) is 0 Å². The number of nitrogens with zero attached hydrogens (tertiary/aromatic N) is 2. The van der Waals surface area contributed by atoms with Gasteiger partial charge in [-0.05, 0) is 55.0 Å². The smallest absolute Gasteiger partial charge is 0.357 e. The maximum Gasteiger partial charge on any atom is 0.417 e. The van der Waals surface area contributed by atoms with Crippen LogP contribution in [0.15, 0.2) is 82.2 Å². The molecule has 0 aliphatic heterocycles. The second-order valence-corrected chi connectivity index (χ2v) is 11.6. The van der Waals surface area contributed by atoms with Crippen molar-refractivity contribution >= 4 is 55.1 Å². The Morgan fingerprint density at radius 3 is 2.28 bits per heavy atom. The van der Waals surface area contributed by atoms with E-state index in [0.29, 0.717) is 20.4 Å². The molecule has 13 heteroatoms. The van der Waals surface area contributed by atoms with E-state index in [0.717, 1.165) is 17.0 Å². The SMILES string of the molecule is CNC(=O)C(C)N(Cc1cccc(Br)c1)C(=O)CN(c1ccc(Cl)c(C(F)(F)F)c1)S(=O)(=O)c1ccccc1. The third-order valence-electron chi connectivity index (χ3n) is 5.81. The molecule has 0 fully saturated rings. The average Bonchev–Trinajstić information content (AvgIpc) is 2.89. The second-order valence-electron chi connectivity index (χ2n) is 8.43. The van der Waals surface area contributed by atoms with Gasteiger partial charge in [-0.25, -0.2) is 8.42 Å². The summed E-state index contributed by atoms with van der Waals surface area (Å²) in [6.07, 6.45) is -4.88. The summed E-state index contributed by atoms with van der Waals surface area (Å²) in [5.74, 6) is -1.32. The van der Waals surface area contributed by atoms with Crippen molar-refractivity contribution in [3.63, 3.8) is 0 Å². The van der Waals surface area contributed by atoms with Gasteiger partial charge in [0.05, 0.1) is 21.2 Å². The minimum absolute atomic E-state index is 0.0689. The molecular formula is C26H24BrClF3N3O4S. The number of carbonyl (C=O) groups is 2. The van der Waals surface area contributed by atoms with E-state index in [-0.39, 0.29) is 11.4 Å². The van der Waals surface area contributed by atoms with Gasteiger partial charge in [0.1, 0.15) is 12.6 Å². The fourth-order valence-electron chi connectivity index (χ4n) is 3.76. The summed E-state index contributed by atoms with van der Waals surface area (Å²) in [4.78, 5) is 27.1. The molecule has 7 nitrogen and oxygen atoms in total. The zero-order valence-electron chi connectivity index (χ0n) is 20.7. The number of amides is 2. The van der Waals surface area contributed by atoms with Gasteiger partial charge in [-0.1, -0.05) is 57.9 Å². The first kappa shape index (κ1) is 30.5. The fourth-order valence-corrected chi connectivity index (χ4v) is 5.86. The average molecular weight is 647 g/mol. The number of halogens is 5. The van der Waals surface area contributed by atoms with Gasteiger partial charge in [-0.3, -0.25) is 13.9 Å². The minimum Gasteiger partial charge on any atom is -0.357 e. The monoisotopic (exact) mass is 645 g/mol. The third kappa shape index (κ3) is 7.31. The van der Waals surface area contributed by atoms with Crippen LogP contribution in [0.1, 0.15) is 18.1 Å². The van der Waals surface area contributed by atoms with Crippen LogP contribution in [0.3, 0.4) is 0 Å². The number of likely N-dealkylation sites (N-methyl/N-ethyl adjacent to an activating group) is 1. The third-order valence-corrected chi connectivity index (χ3v) is 8.42. The summed E-state index contributed by atoms with van der Waals surface area (Å²) in [7, 11) is -3.13. The second kappa shape index (κ2) is 12.4. The number of hydrogen-bond acceptors (Lipinski definition) is 4. The molecule has 0 spiro atoms. The maximum absolute atomic E-state index is 13.7. The number of carbonyl (C=O) groups excluding carboxylic acids is 2. The Kier molecular flexibility index (Phi) is 9.68. The number of alkyl halides is 3. The quantitative estimate of drug-likeness (QED) is 0.334. The Bertz CT molecular complexity index is 1460. The van der Waals surface area contributed by atoms with Crippen LogP contribution in [0.2, 0.25) is 5.02 Å². The number of anilines is 1. The summed E-state index contributed by atoms with van der Waals surface area (Å²) in [5, 5.41) is 1.83. The van der Waals surface area contributed by atoms with Crippen molar-refractivity contribution in [1.82, 2.24) is 10.2 Å². The van der Waals surface area contributed by atoms with E-state index in [2.05, 4.69) is 21.2 Å². The fraction of sp³-hybridized carbons (Fsp3) is 0.231. The Morgan fingerprint density at radius 1 is 1.03 bits per heavy atom. The summed E-state index contributed by atoms with van der Waals surface area (Å²) in [6.45, 7) is 0.515. The van der Waals surface area contributed by atoms with Gasteiger partial charge in [-0.2, -0.15) is 13.2 Å². The molecule has 0 heterocycles. The highest BCUT2D eigenvalue weighted by Gasteiger charge is 2.36. The highest BCUT2D eigenvalue weighted by molar-refractivity contribution is 9.10. The zero-order valence-corrected chi connectivity index (χ0v) is 23.9. The molecule has 0 saturated carbocycles. The molecule has 2 amide bonds. The minimum atomic E-state index is -4.88. The van der Waals surface area contributed by atoms with Crippen LogP contribution < -0.4 is 9.62 Å². The summed E-state index contributed by atoms with van der Waals surface area (Å²) in [5.41, 5.74) is -1.04. The van der Waals surface area contributed by atoms with E-state index in [1.165, 1.54) is 38.2 Å². The van der Waals surface area contributed by atoms with Gasteiger partial charge in [0.15, 0.2) is 0 Å². The highest BCUT2D eigenvalue weighted by Crippen LogP contribution is 2.38. The Balaban J connectivity index is 2.11. The van der Waals surface area contributed by atoms with Crippen molar-refractivity contribution in [2.45, 2.75) is 30.6 Å². The van der Waals surface area contributed by atoms with Crippen LogP contribution in [-0.4, -0.2) is 44.8 Å². The van der Waals surface area contributed by atoms with Crippen molar-refractivity contribution in [1.29, 1.82) is 0 Å². The van der Waals surface area contributed by atoms with E-state index in [1.807, 2.05) is 0 Å². The lowest BCUT2D eigenvalue weighted by atomic mass is 10.1. The van der Waals surface area contributed by atoms with Gasteiger partial charge < -0.3 is 10.2 Å². The van der Waals surface area contributed by atoms with Gasteiger partial charge in [0, 0.05) is 18.1 Å². The zero-order chi connectivity index (χ0) is 29.0. The Morgan fingerprint density at radius 2 is 1.69 bits per heavy atom. The number of sulfonamides is 1. The molecule has 0 bridgehead atoms. The molecule has 0 aliphatic rings. The molecule has 39 heavy (non-hydrogen) atoms. The number of hydrogen-bond donors (Lipinski definition) is 1. The molecule has 0 aromatic heterocycles. The van der Waals surface area contributed by atoms with Crippen molar-refractivity contribution in [2.75, 3.05) is 17.9 Å². The molecule has 3 rings (SSSR count). The lowest BCUT2D eigenvalue weighted by molar-refractivity contribution is -0.139. The maximum atomic E-state index is 13.7. The van der Waals surface area contributed by atoms with E-state index in [1.54, 1.807) is 30.3 Å². The van der Waals surface area contributed by atoms with Gasteiger partial charge >= 0.3 is 6.18 Å². The van der Waals surface area contributed by atoms with E-state index < -0.39 is 56.9 Å². The van der Waals surface area contributed by atoms with Crippen LogP contribution >= 0.6 is 27.5 Å². The van der Waals surface area contributed by atoms with Crippen LogP contribution in [-0.2, 0) is 32.3 Å². The summed E-state index contributed by atoms with van der Waals surface area (Å²) < 4.78 is 69.5. The molecule has 3 aromatic rings. The Hall–Kier alpha value is -3.09. The first-order chi connectivity index (χ1) is 18.3. The van der Waals surface area contributed by atoms with Crippen molar-refractivity contribution in [3.05, 3.63) is 93.4 Å². The van der Waals surface area contributed by atoms with E-state index >= 15 is 0 Å². The lowest BCUT2D eigenvalue weighted by Gasteiger charge is -2.32. The predicted octanol–water partition coefficient (Wildman–Crippen LogP) is 5.48. The molecule has 0 aliphatic carbocycles. The predicted molar refractivity (Wildman–Crippen MR) is 146 cm³/mol. The molecule has 1 unspecified atom stereocenters.